The second kappa shape index (κ2) is 10.5. The minimum Gasteiger partial charge on any atom is -0.388 e. The molecule has 0 saturated heterocycles. The highest BCUT2D eigenvalue weighted by Crippen LogP contribution is 2.29. The lowest BCUT2D eigenvalue weighted by Crippen LogP contribution is -1.98. The highest BCUT2D eigenvalue weighted by molar-refractivity contribution is 6.33. The van der Waals surface area contributed by atoms with Gasteiger partial charge in [0.2, 0.25) is 0 Å². The van der Waals surface area contributed by atoms with Crippen LogP contribution in [0.2, 0.25) is 10.0 Å². The van der Waals surface area contributed by atoms with E-state index in [1.54, 1.807) is 18.2 Å². The van der Waals surface area contributed by atoms with E-state index in [1.807, 2.05) is 0 Å². The van der Waals surface area contributed by atoms with Gasteiger partial charge < -0.3 is 5.11 Å². The van der Waals surface area contributed by atoms with Crippen molar-refractivity contribution in [3.8, 4) is 0 Å². The lowest BCUT2D eigenvalue weighted by molar-refractivity contribution is 0.163. The van der Waals surface area contributed by atoms with Gasteiger partial charge >= 0.3 is 0 Å². The molecule has 1 aromatic carbocycles. The summed E-state index contributed by atoms with van der Waals surface area (Å²) in [5, 5.41) is 11.4. The van der Waals surface area contributed by atoms with Gasteiger partial charge in [-0.3, -0.25) is 0 Å². The molecule has 1 rings (SSSR count). The van der Waals surface area contributed by atoms with Crippen LogP contribution in [0, 0.1) is 0 Å². The molecule has 114 valence electrons. The molecule has 1 atom stereocenters. The van der Waals surface area contributed by atoms with E-state index in [0.717, 1.165) is 18.4 Å². The summed E-state index contributed by atoms with van der Waals surface area (Å²) in [5.41, 5.74) is 0.752. The zero-order valence-corrected chi connectivity index (χ0v) is 13.9. The second-order valence-electron chi connectivity index (χ2n) is 5.45. The van der Waals surface area contributed by atoms with E-state index >= 15 is 0 Å². The Kier molecular flexibility index (Phi) is 9.33. The first kappa shape index (κ1) is 17.8. The summed E-state index contributed by atoms with van der Waals surface area (Å²) in [5.74, 6) is 0. The van der Waals surface area contributed by atoms with E-state index in [2.05, 4.69) is 6.92 Å². The Balaban J connectivity index is 2.17. The van der Waals surface area contributed by atoms with Gasteiger partial charge in [-0.15, -0.1) is 0 Å². The largest absolute Gasteiger partial charge is 0.388 e. The Morgan fingerprint density at radius 3 is 2.20 bits per heavy atom. The molecule has 1 aromatic rings. The first-order valence-electron chi connectivity index (χ1n) is 7.78. The van der Waals surface area contributed by atoms with Crippen molar-refractivity contribution < 1.29 is 5.11 Å². The van der Waals surface area contributed by atoms with Crippen molar-refractivity contribution in [2.24, 2.45) is 0 Å². The molecule has 1 N–H and O–H groups in total. The highest BCUT2D eigenvalue weighted by Gasteiger charge is 2.11. The van der Waals surface area contributed by atoms with Gasteiger partial charge in [-0.1, -0.05) is 81.5 Å². The van der Waals surface area contributed by atoms with Crippen LogP contribution in [0.15, 0.2) is 18.2 Å². The molecule has 1 unspecified atom stereocenters. The fourth-order valence-corrected chi connectivity index (χ4v) is 2.82. The van der Waals surface area contributed by atoms with E-state index in [1.165, 1.54) is 44.9 Å². The van der Waals surface area contributed by atoms with E-state index in [0.29, 0.717) is 10.0 Å². The standard InChI is InChI=1S/C17H26Cl2O/c1-2-3-4-5-6-7-8-9-10-17(20)15-13-14(18)11-12-16(15)19/h11-13,17,20H,2-10H2,1H3. The van der Waals surface area contributed by atoms with Crippen molar-refractivity contribution in [3.63, 3.8) is 0 Å². The van der Waals surface area contributed by atoms with E-state index < -0.39 is 6.10 Å². The van der Waals surface area contributed by atoms with Crippen LogP contribution in [0.25, 0.3) is 0 Å². The van der Waals surface area contributed by atoms with Gasteiger partial charge in [0, 0.05) is 15.6 Å². The first-order valence-corrected chi connectivity index (χ1v) is 8.53. The quantitative estimate of drug-likeness (QED) is 0.485. The zero-order chi connectivity index (χ0) is 14.8. The lowest BCUT2D eigenvalue weighted by atomic mass is 10.0. The van der Waals surface area contributed by atoms with E-state index in [-0.39, 0.29) is 0 Å². The third kappa shape index (κ3) is 6.97. The molecule has 0 heterocycles. The second-order valence-corrected chi connectivity index (χ2v) is 6.29. The van der Waals surface area contributed by atoms with Crippen molar-refractivity contribution in [2.45, 2.75) is 70.8 Å². The number of hydrogen-bond acceptors (Lipinski definition) is 1. The van der Waals surface area contributed by atoms with E-state index in [4.69, 9.17) is 23.2 Å². The van der Waals surface area contributed by atoms with Gasteiger partial charge in [0.05, 0.1) is 6.10 Å². The zero-order valence-electron chi connectivity index (χ0n) is 12.4. The third-order valence-corrected chi connectivity index (χ3v) is 4.23. The molecule has 0 spiro atoms. The Hall–Kier alpha value is -0.240. The minimum absolute atomic E-state index is 0.499. The van der Waals surface area contributed by atoms with Gasteiger partial charge in [-0.2, -0.15) is 0 Å². The maximum absolute atomic E-state index is 10.2. The maximum atomic E-state index is 10.2. The highest BCUT2D eigenvalue weighted by atomic mass is 35.5. The molecule has 20 heavy (non-hydrogen) atoms. The molecular weight excluding hydrogens is 291 g/mol. The van der Waals surface area contributed by atoms with Crippen LogP contribution in [0.1, 0.15) is 76.4 Å². The Morgan fingerprint density at radius 1 is 0.950 bits per heavy atom. The smallest absolute Gasteiger partial charge is 0.0805 e. The molecule has 0 saturated carbocycles. The SMILES string of the molecule is CCCCCCCCCCC(O)c1cc(Cl)ccc1Cl. The lowest BCUT2D eigenvalue weighted by Gasteiger charge is -2.13. The monoisotopic (exact) mass is 316 g/mol. The number of unbranched alkanes of at least 4 members (excludes halogenated alkanes) is 7. The first-order chi connectivity index (χ1) is 9.65. The van der Waals surface area contributed by atoms with Crippen molar-refractivity contribution in [2.75, 3.05) is 0 Å². The summed E-state index contributed by atoms with van der Waals surface area (Å²) in [7, 11) is 0. The van der Waals surface area contributed by atoms with Gasteiger partial charge in [0.1, 0.15) is 0 Å². The summed E-state index contributed by atoms with van der Waals surface area (Å²) >= 11 is 12.0. The average Bonchev–Trinajstić information content (AvgIpc) is 2.44. The predicted octanol–water partition coefficient (Wildman–Crippen LogP) is 6.56. The Labute approximate surface area is 133 Å². The molecule has 0 aromatic heterocycles. The van der Waals surface area contributed by atoms with Gasteiger partial charge in [-0.25, -0.2) is 0 Å². The van der Waals surface area contributed by atoms with Crippen LogP contribution < -0.4 is 0 Å². The van der Waals surface area contributed by atoms with Gasteiger partial charge in [0.15, 0.2) is 0 Å². The molecule has 0 aliphatic carbocycles. The Morgan fingerprint density at radius 2 is 1.55 bits per heavy atom. The fraction of sp³-hybridized carbons (Fsp3) is 0.647. The van der Waals surface area contributed by atoms with Crippen molar-refractivity contribution in [1.29, 1.82) is 0 Å². The van der Waals surface area contributed by atoms with Crippen LogP contribution in [0.4, 0.5) is 0 Å². The van der Waals surface area contributed by atoms with Gasteiger partial charge in [0.25, 0.3) is 0 Å². The number of halogens is 2. The molecule has 0 fully saturated rings. The average molecular weight is 317 g/mol. The van der Waals surface area contributed by atoms with Crippen LogP contribution in [-0.2, 0) is 0 Å². The summed E-state index contributed by atoms with van der Waals surface area (Å²) in [6.45, 7) is 2.24. The number of benzene rings is 1. The summed E-state index contributed by atoms with van der Waals surface area (Å²) in [4.78, 5) is 0. The molecular formula is C17H26Cl2O. The number of rotatable bonds is 10. The van der Waals surface area contributed by atoms with Crippen LogP contribution in [0.3, 0.4) is 0 Å². The number of hydrogen-bond donors (Lipinski definition) is 1. The normalized spacial score (nSPS) is 12.6. The van der Waals surface area contributed by atoms with Crippen LogP contribution in [0.5, 0.6) is 0 Å². The molecule has 0 bridgehead atoms. The molecule has 3 heteroatoms. The molecule has 0 aliphatic heterocycles. The third-order valence-electron chi connectivity index (χ3n) is 3.65. The topological polar surface area (TPSA) is 20.2 Å². The molecule has 1 nitrogen and oxygen atoms in total. The fourth-order valence-electron chi connectivity index (χ4n) is 2.40. The number of aliphatic hydroxyl groups excluding tert-OH is 1. The van der Waals surface area contributed by atoms with Gasteiger partial charge in [-0.05, 0) is 24.6 Å². The Bertz CT molecular complexity index is 379. The van der Waals surface area contributed by atoms with E-state index in [9.17, 15) is 5.11 Å². The molecule has 0 amide bonds. The van der Waals surface area contributed by atoms with Crippen LogP contribution in [-0.4, -0.2) is 5.11 Å². The summed E-state index contributed by atoms with van der Waals surface area (Å²) in [6, 6.07) is 5.26. The van der Waals surface area contributed by atoms with Crippen molar-refractivity contribution >= 4 is 23.2 Å². The van der Waals surface area contributed by atoms with Crippen molar-refractivity contribution in [1.82, 2.24) is 0 Å². The number of aliphatic hydroxyl groups is 1. The summed E-state index contributed by atoms with van der Waals surface area (Å²) < 4.78 is 0. The maximum Gasteiger partial charge on any atom is 0.0805 e. The molecule has 0 radical (unpaired) electrons. The molecule has 0 aliphatic rings. The van der Waals surface area contributed by atoms with Crippen LogP contribution >= 0.6 is 23.2 Å². The van der Waals surface area contributed by atoms with Crippen molar-refractivity contribution in [3.05, 3.63) is 33.8 Å². The summed E-state index contributed by atoms with van der Waals surface area (Å²) in [6.07, 6.45) is 10.4. The predicted molar refractivity (Wildman–Crippen MR) is 88.6 cm³/mol. The minimum atomic E-state index is -0.499.